The molecular formula is C8H15N3OS. The van der Waals surface area contributed by atoms with Crippen LogP contribution in [-0.4, -0.2) is 28.2 Å². The summed E-state index contributed by atoms with van der Waals surface area (Å²) in [4.78, 5) is 4.04. The minimum absolute atomic E-state index is 0.519. The quantitative estimate of drug-likeness (QED) is 0.789. The van der Waals surface area contributed by atoms with Gasteiger partial charge >= 0.3 is 6.01 Å². The summed E-state index contributed by atoms with van der Waals surface area (Å²) in [6.07, 6.45) is 3.21. The Balaban J connectivity index is 2.20. The van der Waals surface area contributed by atoms with Crippen LogP contribution in [0.4, 0.5) is 6.01 Å². The molecule has 1 rings (SSSR count). The number of rotatable bonds is 5. The van der Waals surface area contributed by atoms with Crippen molar-refractivity contribution >= 4 is 17.8 Å². The van der Waals surface area contributed by atoms with Gasteiger partial charge in [0.2, 0.25) is 0 Å². The third-order valence-electron chi connectivity index (χ3n) is 1.76. The van der Waals surface area contributed by atoms with Gasteiger partial charge in [0, 0.05) is 11.8 Å². The first-order valence-corrected chi connectivity index (χ1v) is 5.58. The monoisotopic (exact) mass is 201 g/mol. The number of hydrogen-bond acceptors (Lipinski definition) is 5. The van der Waals surface area contributed by atoms with Crippen molar-refractivity contribution in [2.24, 2.45) is 0 Å². The number of anilines is 1. The highest BCUT2D eigenvalue weighted by Gasteiger charge is 2.02. The molecule has 0 aliphatic rings. The second-order valence-corrected chi connectivity index (χ2v) is 4.18. The summed E-state index contributed by atoms with van der Waals surface area (Å²) in [5.74, 6) is 0.667. The molecule has 0 spiro atoms. The van der Waals surface area contributed by atoms with Crippen LogP contribution in [0.1, 0.15) is 19.2 Å². The molecule has 13 heavy (non-hydrogen) atoms. The molecule has 0 aromatic carbocycles. The Morgan fingerprint density at radius 3 is 2.92 bits per heavy atom. The van der Waals surface area contributed by atoms with Crippen LogP contribution in [0.25, 0.3) is 0 Å². The summed E-state index contributed by atoms with van der Waals surface area (Å²) in [5, 5.41) is 7.42. The fraction of sp³-hybridized carbons (Fsp3) is 0.750. The summed E-state index contributed by atoms with van der Waals surface area (Å²) in [6, 6.07) is 0.519. The Kier molecular flexibility index (Phi) is 4.08. The molecule has 1 aromatic rings. The van der Waals surface area contributed by atoms with Crippen molar-refractivity contribution in [1.82, 2.24) is 10.1 Å². The molecule has 1 heterocycles. The summed E-state index contributed by atoms with van der Waals surface area (Å²) < 4.78 is 4.90. The Hall–Kier alpha value is -0.710. The smallest absolute Gasteiger partial charge is 0.321 e. The lowest BCUT2D eigenvalue weighted by Gasteiger charge is -2.06. The lowest BCUT2D eigenvalue weighted by molar-refractivity contribution is 0.425. The predicted molar refractivity (Wildman–Crippen MR) is 55.1 cm³/mol. The molecule has 5 heteroatoms. The second kappa shape index (κ2) is 5.11. The van der Waals surface area contributed by atoms with Crippen molar-refractivity contribution in [3.05, 3.63) is 5.82 Å². The van der Waals surface area contributed by atoms with Gasteiger partial charge < -0.3 is 9.84 Å². The van der Waals surface area contributed by atoms with Gasteiger partial charge in [-0.2, -0.15) is 16.7 Å². The maximum absolute atomic E-state index is 4.90. The Morgan fingerprint density at radius 1 is 1.62 bits per heavy atom. The van der Waals surface area contributed by atoms with Gasteiger partial charge in [-0.15, -0.1) is 0 Å². The van der Waals surface area contributed by atoms with E-state index in [9.17, 15) is 0 Å². The average molecular weight is 201 g/mol. The molecule has 0 aliphatic heterocycles. The molecular weight excluding hydrogens is 186 g/mol. The van der Waals surface area contributed by atoms with E-state index in [-0.39, 0.29) is 0 Å². The van der Waals surface area contributed by atoms with Crippen molar-refractivity contribution in [1.29, 1.82) is 0 Å². The van der Waals surface area contributed by atoms with E-state index in [1.807, 2.05) is 11.8 Å². The molecule has 1 aromatic heterocycles. The number of nitrogens with one attached hydrogen (secondary N) is 1. The van der Waals surface area contributed by atoms with Gasteiger partial charge in [-0.05, 0) is 19.6 Å². The minimum atomic E-state index is 0.519. The highest BCUT2D eigenvalue weighted by Crippen LogP contribution is 2.10. The van der Waals surface area contributed by atoms with E-state index in [1.165, 1.54) is 0 Å². The topological polar surface area (TPSA) is 51.0 Å². The molecule has 0 fully saturated rings. The predicted octanol–water partition coefficient (Wildman–Crippen LogP) is 1.93. The summed E-state index contributed by atoms with van der Waals surface area (Å²) in [6.45, 7) is 4.88. The molecule has 0 aliphatic carbocycles. The van der Waals surface area contributed by atoms with Crippen molar-refractivity contribution in [2.75, 3.05) is 18.1 Å². The van der Waals surface area contributed by atoms with Crippen molar-refractivity contribution in [3.63, 3.8) is 0 Å². The Labute approximate surface area is 82.5 Å². The van der Waals surface area contributed by atoms with E-state index in [0.717, 1.165) is 13.0 Å². The molecule has 74 valence electrons. The summed E-state index contributed by atoms with van der Waals surface area (Å²) >= 11 is 1.86. The van der Waals surface area contributed by atoms with Crippen LogP contribution in [0.15, 0.2) is 4.52 Å². The van der Waals surface area contributed by atoms with Crippen LogP contribution in [0.5, 0.6) is 0 Å². The van der Waals surface area contributed by atoms with Crippen LogP contribution in [0.2, 0.25) is 0 Å². The largest absolute Gasteiger partial charge is 0.338 e. The molecule has 0 amide bonds. The molecule has 1 unspecified atom stereocenters. The van der Waals surface area contributed by atoms with Crippen LogP contribution in [0.3, 0.4) is 0 Å². The molecule has 4 nitrogen and oxygen atoms in total. The highest BCUT2D eigenvalue weighted by atomic mass is 32.2. The average Bonchev–Trinajstić information content (AvgIpc) is 2.51. The zero-order valence-electron chi connectivity index (χ0n) is 8.20. The second-order valence-electron chi connectivity index (χ2n) is 2.91. The zero-order chi connectivity index (χ0) is 9.68. The molecule has 0 bridgehead atoms. The van der Waals surface area contributed by atoms with E-state index in [1.54, 1.807) is 6.92 Å². The molecule has 0 radical (unpaired) electrons. The summed E-state index contributed by atoms with van der Waals surface area (Å²) in [7, 11) is 0. The van der Waals surface area contributed by atoms with E-state index in [4.69, 9.17) is 4.52 Å². The van der Waals surface area contributed by atoms with E-state index < -0.39 is 0 Å². The third kappa shape index (κ3) is 3.67. The molecule has 1 N–H and O–H groups in total. The van der Waals surface area contributed by atoms with Gasteiger partial charge in [0.05, 0.1) is 0 Å². The summed E-state index contributed by atoms with van der Waals surface area (Å²) in [5.41, 5.74) is 0. The highest BCUT2D eigenvalue weighted by molar-refractivity contribution is 7.99. The number of hydrogen-bond donors (Lipinski definition) is 1. The van der Waals surface area contributed by atoms with Gasteiger partial charge in [0.15, 0.2) is 5.82 Å². The molecule has 0 saturated carbocycles. The fourth-order valence-electron chi connectivity index (χ4n) is 0.869. The third-order valence-corrected chi connectivity index (χ3v) is 2.80. The standard InChI is InChI=1S/C8H15N3OS/c1-6(13-3)4-5-9-8-10-7(2)11-12-8/h6H,4-5H2,1-3H3,(H,9,10,11). The first-order chi connectivity index (χ1) is 6.22. The molecule has 1 atom stereocenters. The first-order valence-electron chi connectivity index (χ1n) is 4.29. The van der Waals surface area contributed by atoms with Gasteiger partial charge in [0.25, 0.3) is 0 Å². The van der Waals surface area contributed by atoms with Gasteiger partial charge in [-0.3, -0.25) is 0 Å². The number of aromatic nitrogens is 2. The van der Waals surface area contributed by atoms with Crippen molar-refractivity contribution in [2.45, 2.75) is 25.5 Å². The number of aryl methyl sites for hydroxylation is 1. The van der Waals surface area contributed by atoms with E-state index >= 15 is 0 Å². The van der Waals surface area contributed by atoms with Crippen LogP contribution in [0, 0.1) is 6.92 Å². The normalized spacial score (nSPS) is 12.8. The zero-order valence-corrected chi connectivity index (χ0v) is 9.02. The van der Waals surface area contributed by atoms with Crippen molar-refractivity contribution < 1.29 is 4.52 Å². The van der Waals surface area contributed by atoms with Crippen LogP contribution >= 0.6 is 11.8 Å². The minimum Gasteiger partial charge on any atom is -0.338 e. The first kappa shape index (κ1) is 10.4. The Morgan fingerprint density at radius 2 is 2.38 bits per heavy atom. The number of nitrogens with zero attached hydrogens (tertiary/aromatic N) is 2. The van der Waals surface area contributed by atoms with Gasteiger partial charge in [0.1, 0.15) is 0 Å². The van der Waals surface area contributed by atoms with E-state index in [2.05, 4.69) is 28.6 Å². The lowest BCUT2D eigenvalue weighted by atomic mass is 10.3. The van der Waals surface area contributed by atoms with Crippen LogP contribution < -0.4 is 5.32 Å². The van der Waals surface area contributed by atoms with Crippen molar-refractivity contribution in [3.8, 4) is 0 Å². The lowest BCUT2D eigenvalue weighted by Crippen LogP contribution is -2.07. The van der Waals surface area contributed by atoms with E-state index in [0.29, 0.717) is 17.1 Å². The maximum Gasteiger partial charge on any atom is 0.321 e. The van der Waals surface area contributed by atoms with Gasteiger partial charge in [-0.1, -0.05) is 12.1 Å². The maximum atomic E-state index is 4.90. The van der Waals surface area contributed by atoms with Crippen LogP contribution in [-0.2, 0) is 0 Å². The SMILES string of the molecule is CSC(C)CCNc1nc(C)no1. The Bertz CT molecular complexity index is 251. The number of thioether (sulfide) groups is 1. The molecule has 0 saturated heterocycles. The van der Waals surface area contributed by atoms with Gasteiger partial charge in [-0.25, -0.2) is 0 Å². The fourth-order valence-corrected chi connectivity index (χ4v) is 1.22.